The first-order valence-corrected chi connectivity index (χ1v) is 11.9. The Morgan fingerprint density at radius 1 is 1.12 bits per heavy atom. The predicted octanol–water partition coefficient (Wildman–Crippen LogP) is 5.86. The van der Waals surface area contributed by atoms with Crippen LogP contribution in [0.25, 0.3) is 10.9 Å². The van der Waals surface area contributed by atoms with Crippen LogP contribution in [0.4, 0.5) is 8.78 Å². The van der Waals surface area contributed by atoms with Crippen LogP contribution in [-0.4, -0.2) is 27.7 Å². The monoisotopic (exact) mass is 470 g/mol. The Hall–Kier alpha value is -3.00. The lowest BCUT2D eigenvalue weighted by atomic mass is 9.97. The number of carbonyl (C=O) groups is 1. The Labute approximate surface area is 194 Å². The molecule has 0 saturated carbocycles. The first-order chi connectivity index (χ1) is 16.0. The highest BCUT2D eigenvalue weighted by Crippen LogP contribution is 2.24. The molecule has 172 valence electrons. The van der Waals surface area contributed by atoms with Crippen molar-refractivity contribution < 1.29 is 18.3 Å². The Morgan fingerprint density at radius 3 is 2.64 bits per heavy atom. The van der Waals surface area contributed by atoms with E-state index in [2.05, 4.69) is 15.8 Å². The van der Waals surface area contributed by atoms with Gasteiger partial charge in [0, 0.05) is 12.1 Å². The van der Waals surface area contributed by atoms with E-state index < -0.39 is 6.61 Å². The number of ketones is 1. The highest BCUT2D eigenvalue weighted by atomic mass is 32.2. The second kappa shape index (κ2) is 10.7. The van der Waals surface area contributed by atoms with Gasteiger partial charge in [-0.2, -0.15) is 8.78 Å². The van der Waals surface area contributed by atoms with Crippen LogP contribution < -0.4 is 10.3 Å². The number of rotatable bonds is 9. The maximum atomic E-state index is 13.2. The summed E-state index contributed by atoms with van der Waals surface area (Å²) in [6.45, 7) is -2.40. The van der Waals surface area contributed by atoms with Gasteiger partial charge in [-0.25, -0.2) is 4.98 Å². The summed E-state index contributed by atoms with van der Waals surface area (Å²) < 4.78 is 30.6. The molecule has 5 nitrogen and oxygen atoms in total. The first-order valence-electron chi connectivity index (χ1n) is 10.9. The molecule has 2 aromatic carbocycles. The van der Waals surface area contributed by atoms with Crippen molar-refractivity contribution in [1.29, 1.82) is 0 Å². The molecule has 1 aromatic heterocycles. The van der Waals surface area contributed by atoms with Crippen LogP contribution in [0.5, 0.6) is 5.75 Å². The van der Waals surface area contributed by atoms with Crippen LogP contribution in [0.3, 0.4) is 0 Å². The molecule has 1 aliphatic carbocycles. The lowest BCUT2D eigenvalue weighted by molar-refractivity contribution is -0.0498. The number of nitrogens with zero attached hydrogens (tertiary/aromatic N) is 2. The molecule has 33 heavy (non-hydrogen) atoms. The summed E-state index contributed by atoms with van der Waals surface area (Å²) in [4.78, 5) is 30.5. The third-order valence-corrected chi connectivity index (χ3v) is 6.58. The zero-order valence-corrected chi connectivity index (χ0v) is 18.8. The quantitative estimate of drug-likeness (QED) is 0.170. The van der Waals surface area contributed by atoms with Gasteiger partial charge in [0.2, 0.25) is 0 Å². The summed E-state index contributed by atoms with van der Waals surface area (Å²) >= 11 is 1.21. The van der Waals surface area contributed by atoms with Gasteiger partial charge in [0.25, 0.3) is 5.56 Å². The van der Waals surface area contributed by atoms with Gasteiger partial charge in [0.1, 0.15) is 5.75 Å². The summed E-state index contributed by atoms with van der Waals surface area (Å²) in [6.07, 6.45) is 7.57. The standard InChI is InChI=1S/C25H24F2N2O3S/c26-24(27)32-19-12-10-18(11-13-19)22(30)16-33-25-28-21-9-5-4-8-20(21)23(31)29(25)15-14-17-6-2-1-3-7-17/h4-6,8-13,24H,1-3,7,14-16H2. The highest BCUT2D eigenvalue weighted by Gasteiger charge is 2.15. The molecular formula is C25H24F2N2O3S. The third-order valence-electron chi connectivity index (χ3n) is 5.60. The van der Waals surface area contributed by atoms with E-state index in [9.17, 15) is 18.4 Å². The number of halogens is 2. The number of benzene rings is 2. The lowest BCUT2D eigenvalue weighted by Crippen LogP contribution is -2.24. The van der Waals surface area contributed by atoms with Crippen molar-refractivity contribution in [2.45, 2.75) is 50.4 Å². The zero-order chi connectivity index (χ0) is 23.2. The Morgan fingerprint density at radius 2 is 1.91 bits per heavy atom. The van der Waals surface area contributed by atoms with Crippen molar-refractivity contribution in [1.82, 2.24) is 9.55 Å². The molecule has 0 fully saturated rings. The van der Waals surface area contributed by atoms with E-state index in [1.165, 1.54) is 54.4 Å². The van der Waals surface area contributed by atoms with E-state index in [-0.39, 0.29) is 22.8 Å². The van der Waals surface area contributed by atoms with Crippen molar-refractivity contribution >= 4 is 28.4 Å². The average Bonchev–Trinajstić information content (AvgIpc) is 2.83. The third kappa shape index (κ3) is 5.87. The van der Waals surface area contributed by atoms with Crippen LogP contribution in [-0.2, 0) is 6.54 Å². The maximum absolute atomic E-state index is 13.2. The summed E-state index contributed by atoms with van der Waals surface area (Å²) in [6, 6.07) is 12.8. The van der Waals surface area contributed by atoms with Gasteiger partial charge in [0.15, 0.2) is 10.9 Å². The van der Waals surface area contributed by atoms with Crippen molar-refractivity contribution in [3.63, 3.8) is 0 Å². The molecular weight excluding hydrogens is 446 g/mol. The summed E-state index contributed by atoms with van der Waals surface area (Å²) in [5.41, 5.74) is 2.23. The Balaban J connectivity index is 1.53. The topological polar surface area (TPSA) is 61.2 Å². The van der Waals surface area contributed by atoms with Gasteiger partial charge in [-0.3, -0.25) is 14.2 Å². The second-order valence-corrected chi connectivity index (χ2v) is 8.78. The number of hydrogen-bond acceptors (Lipinski definition) is 5. The summed E-state index contributed by atoms with van der Waals surface area (Å²) in [5.74, 6) is -0.119. The minimum absolute atomic E-state index is 0.00347. The van der Waals surface area contributed by atoms with E-state index in [0.29, 0.717) is 28.2 Å². The van der Waals surface area contributed by atoms with Crippen LogP contribution in [0.2, 0.25) is 0 Å². The zero-order valence-electron chi connectivity index (χ0n) is 18.0. The number of thioether (sulfide) groups is 1. The minimum atomic E-state index is -2.91. The number of fused-ring (bicyclic) bond motifs is 1. The molecule has 0 amide bonds. The average molecular weight is 471 g/mol. The van der Waals surface area contributed by atoms with Crippen LogP contribution in [0.1, 0.15) is 42.5 Å². The van der Waals surface area contributed by atoms with Gasteiger partial charge < -0.3 is 4.74 Å². The number of allylic oxidation sites excluding steroid dienone is 2. The van der Waals surface area contributed by atoms with Gasteiger partial charge in [-0.1, -0.05) is 35.5 Å². The highest BCUT2D eigenvalue weighted by molar-refractivity contribution is 7.99. The van der Waals surface area contributed by atoms with Gasteiger partial charge in [-0.05, 0) is 68.5 Å². The predicted molar refractivity (Wildman–Crippen MR) is 125 cm³/mol. The number of ether oxygens (including phenoxy) is 1. The fourth-order valence-electron chi connectivity index (χ4n) is 3.88. The molecule has 0 radical (unpaired) electrons. The molecule has 0 saturated heterocycles. The van der Waals surface area contributed by atoms with E-state index in [4.69, 9.17) is 0 Å². The molecule has 1 aliphatic rings. The Kier molecular flexibility index (Phi) is 7.54. The molecule has 0 unspecified atom stereocenters. The minimum Gasteiger partial charge on any atom is -0.435 e. The number of carbonyl (C=O) groups excluding carboxylic acids is 1. The van der Waals surface area contributed by atoms with Crippen molar-refractivity contribution in [2.75, 3.05) is 5.75 Å². The van der Waals surface area contributed by atoms with E-state index in [1.807, 2.05) is 12.1 Å². The molecule has 3 aromatic rings. The lowest BCUT2D eigenvalue weighted by Gasteiger charge is -2.16. The Bertz CT molecular complexity index is 1220. The van der Waals surface area contributed by atoms with E-state index >= 15 is 0 Å². The molecule has 0 aliphatic heterocycles. The van der Waals surface area contributed by atoms with Crippen LogP contribution in [0.15, 0.2) is 70.1 Å². The fourth-order valence-corrected chi connectivity index (χ4v) is 4.80. The largest absolute Gasteiger partial charge is 0.435 e. The van der Waals surface area contributed by atoms with Crippen molar-refractivity contribution in [3.8, 4) is 5.75 Å². The van der Waals surface area contributed by atoms with Crippen LogP contribution in [0, 0.1) is 0 Å². The normalized spacial score (nSPS) is 13.8. The van der Waals surface area contributed by atoms with Crippen molar-refractivity contribution in [3.05, 3.63) is 76.1 Å². The number of aromatic nitrogens is 2. The van der Waals surface area contributed by atoms with Crippen molar-refractivity contribution in [2.24, 2.45) is 0 Å². The molecule has 0 bridgehead atoms. The van der Waals surface area contributed by atoms with E-state index in [1.54, 1.807) is 16.7 Å². The van der Waals surface area contributed by atoms with Crippen LogP contribution >= 0.6 is 11.8 Å². The number of hydrogen-bond donors (Lipinski definition) is 0. The number of para-hydroxylation sites is 1. The molecule has 0 spiro atoms. The van der Waals surface area contributed by atoms with E-state index in [0.717, 1.165) is 19.3 Å². The molecule has 0 N–H and O–H groups in total. The van der Waals surface area contributed by atoms with Gasteiger partial charge >= 0.3 is 6.61 Å². The molecule has 4 rings (SSSR count). The second-order valence-electron chi connectivity index (χ2n) is 7.84. The SMILES string of the molecule is O=C(CSc1nc2ccccc2c(=O)n1CCC1=CCCCC1)c1ccc(OC(F)F)cc1. The summed E-state index contributed by atoms with van der Waals surface area (Å²) in [5, 5.41) is 1.06. The molecule has 0 atom stereocenters. The maximum Gasteiger partial charge on any atom is 0.387 e. The summed E-state index contributed by atoms with van der Waals surface area (Å²) in [7, 11) is 0. The fraction of sp³-hybridized carbons (Fsp3) is 0.320. The number of Topliss-reactive ketones (excluding diaryl/α,β-unsaturated/α-hetero) is 1. The number of alkyl halides is 2. The van der Waals surface area contributed by atoms with Gasteiger partial charge in [-0.15, -0.1) is 0 Å². The van der Waals surface area contributed by atoms with Gasteiger partial charge in [0.05, 0.1) is 16.7 Å². The molecule has 8 heteroatoms. The smallest absolute Gasteiger partial charge is 0.387 e. The molecule has 1 heterocycles. The first kappa shape index (κ1) is 23.2.